The molecule has 2 N–H and O–H groups in total. The Kier molecular flexibility index (Phi) is 4.65. The fourth-order valence-corrected chi connectivity index (χ4v) is 3.28. The normalized spacial score (nSPS) is 33.0. The Balaban J connectivity index is 2.03. The second-order valence-corrected chi connectivity index (χ2v) is 5.67. The number of amides is 2. The molecule has 0 spiro atoms. The summed E-state index contributed by atoms with van der Waals surface area (Å²) in [5, 5.41) is 0. The molecule has 0 aromatic heterocycles. The van der Waals surface area contributed by atoms with Gasteiger partial charge in [-0.1, -0.05) is 0 Å². The molecule has 0 aromatic carbocycles. The summed E-state index contributed by atoms with van der Waals surface area (Å²) >= 11 is 0. The zero-order valence-electron chi connectivity index (χ0n) is 12.3. The van der Waals surface area contributed by atoms with Crippen molar-refractivity contribution < 1.29 is 19.1 Å². The summed E-state index contributed by atoms with van der Waals surface area (Å²) in [5.74, 6) is -0.486. The van der Waals surface area contributed by atoms with Crippen molar-refractivity contribution >= 4 is 11.8 Å². The predicted molar refractivity (Wildman–Crippen MR) is 72.9 cm³/mol. The van der Waals surface area contributed by atoms with Crippen LogP contribution in [0.4, 0.5) is 0 Å². The summed E-state index contributed by atoms with van der Waals surface area (Å²) in [7, 11) is 1.53. The Morgan fingerprint density at radius 3 is 2.65 bits per heavy atom. The molecule has 2 aliphatic rings. The van der Waals surface area contributed by atoms with E-state index in [0.717, 1.165) is 19.3 Å². The van der Waals surface area contributed by atoms with Gasteiger partial charge in [0.15, 0.2) is 0 Å². The highest BCUT2D eigenvalue weighted by atomic mass is 16.5. The fraction of sp³-hybridized carbons (Fsp3) is 0.857. The van der Waals surface area contributed by atoms with Crippen LogP contribution in [0.1, 0.15) is 32.6 Å². The zero-order chi connectivity index (χ0) is 14.8. The Morgan fingerprint density at radius 1 is 1.40 bits per heavy atom. The molecule has 2 fully saturated rings. The highest BCUT2D eigenvalue weighted by Crippen LogP contribution is 2.37. The maximum Gasteiger partial charge on any atom is 0.245 e. The van der Waals surface area contributed by atoms with Crippen LogP contribution in [-0.2, 0) is 19.1 Å². The molecule has 1 atom stereocenters. The van der Waals surface area contributed by atoms with Gasteiger partial charge >= 0.3 is 0 Å². The number of methoxy groups -OCH3 is 1. The first-order chi connectivity index (χ1) is 9.55. The second-order valence-electron chi connectivity index (χ2n) is 5.67. The lowest BCUT2D eigenvalue weighted by atomic mass is 9.80. The monoisotopic (exact) mass is 284 g/mol. The van der Waals surface area contributed by atoms with Crippen LogP contribution >= 0.6 is 0 Å². The third-order valence-corrected chi connectivity index (χ3v) is 4.44. The molecule has 0 radical (unpaired) electrons. The molecule has 0 bridgehead atoms. The molecule has 20 heavy (non-hydrogen) atoms. The van der Waals surface area contributed by atoms with Gasteiger partial charge in [0.05, 0.1) is 12.7 Å². The van der Waals surface area contributed by atoms with Crippen LogP contribution in [0.5, 0.6) is 0 Å². The van der Waals surface area contributed by atoms with Crippen molar-refractivity contribution in [2.45, 2.75) is 44.2 Å². The predicted octanol–water partition coefficient (Wildman–Crippen LogP) is 0.294. The minimum Gasteiger partial charge on any atom is -0.382 e. The van der Waals surface area contributed by atoms with E-state index in [9.17, 15) is 9.59 Å². The van der Waals surface area contributed by atoms with Gasteiger partial charge in [-0.3, -0.25) is 9.59 Å². The van der Waals surface area contributed by atoms with Gasteiger partial charge < -0.3 is 20.1 Å². The van der Waals surface area contributed by atoms with E-state index in [2.05, 4.69) is 0 Å². The van der Waals surface area contributed by atoms with Crippen LogP contribution in [0.15, 0.2) is 0 Å². The molecule has 6 nitrogen and oxygen atoms in total. The summed E-state index contributed by atoms with van der Waals surface area (Å²) in [6.07, 6.45) is 3.04. The summed E-state index contributed by atoms with van der Waals surface area (Å²) in [6, 6.07) is 0. The minimum atomic E-state index is -0.956. The molecular weight excluding hydrogens is 260 g/mol. The summed E-state index contributed by atoms with van der Waals surface area (Å²) < 4.78 is 10.6. The van der Waals surface area contributed by atoms with E-state index < -0.39 is 11.4 Å². The van der Waals surface area contributed by atoms with Crippen LogP contribution in [0.25, 0.3) is 0 Å². The molecule has 0 aromatic rings. The van der Waals surface area contributed by atoms with E-state index in [1.807, 2.05) is 6.92 Å². The van der Waals surface area contributed by atoms with Gasteiger partial charge in [0.2, 0.25) is 11.8 Å². The second kappa shape index (κ2) is 6.10. The number of rotatable bonds is 6. The molecule has 1 unspecified atom stereocenters. The Labute approximate surface area is 119 Å². The van der Waals surface area contributed by atoms with Crippen LogP contribution in [0.3, 0.4) is 0 Å². The molecule has 2 amide bonds. The number of hydrogen-bond donors (Lipinski definition) is 1. The smallest absolute Gasteiger partial charge is 0.245 e. The molecule has 1 aliphatic carbocycles. The summed E-state index contributed by atoms with van der Waals surface area (Å²) in [4.78, 5) is 26.1. The van der Waals surface area contributed by atoms with Gasteiger partial charge in [-0.15, -0.1) is 0 Å². The highest BCUT2D eigenvalue weighted by Gasteiger charge is 2.51. The van der Waals surface area contributed by atoms with Crippen molar-refractivity contribution in [2.75, 3.05) is 26.9 Å². The lowest BCUT2D eigenvalue weighted by Gasteiger charge is -2.41. The van der Waals surface area contributed by atoms with Crippen molar-refractivity contribution in [1.82, 2.24) is 4.90 Å². The number of primary amides is 1. The topological polar surface area (TPSA) is 81.9 Å². The number of carbonyl (C=O) groups is 2. The van der Waals surface area contributed by atoms with Crippen molar-refractivity contribution in [1.29, 1.82) is 0 Å². The van der Waals surface area contributed by atoms with Crippen molar-refractivity contribution in [3.05, 3.63) is 0 Å². The Morgan fingerprint density at radius 2 is 2.10 bits per heavy atom. The van der Waals surface area contributed by atoms with Gasteiger partial charge in [0.25, 0.3) is 0 Å². The molecule has 6 heteroatoms. The molecule has 1 saturated carbocycles. The molecule has 1 heterocycles. The molecule has 1 aliphatic heterocycles. The minimum absolute atomic E-state index is 0.0225. The lowest BCUT2D eigenvalue weighted by Crippen LogP contribution is -2.61. The summed E-state index contributed by atoms with van der Waals surface area (Å²) in [5.41, 5.74) is 4.59. The SMILES string of the molecule is CCOC1CC(C(=O)N2CCCC2(COC)C(N)=O)C1. The first kappa shape index (κ1) is 15.3. The van der Waals surface area contributed by atoms with E-state index in [4.69, 9.17) is 15.2 Å². The standard InChI is InChI=1S/C14H24N2O4/c1-3-20-11-7-10(8-11)12(17)16-6-4-5-14(16,9-19-2)13(15)18/h10-11H,3-9H2,1-2H3,(H2,15,18). The first-order valence-corrected chi connectivity index (χ1v) is 7.27. The first-order valence-electron chi connectivity index (χ1n) is 7.27. The maximum atomic E-state index is 12.6. The molecule has 1 saturated heterocycles. The quantitative estimate of drug-likeness (QED) is 0.760. The fourth-order valence-electron chi connectivity index (χ4n) is 3.28. The average Bonchev–Trinajstić information content (AvgIpc) is 2.78. The summed E-state index contributed by atoms with van der Waals surface area (Å²) in [6.45, 7) is 3.38. The van der Waals surface area contributed by atoms with Crippen LogP contribution in [0.2, 0.25) is 0 Å². The number of nitrogens with zero attached hydrogens (tertiary/aromatic N) is 1. The van der Waals surface area contributed by atoms with Crippen LogP contribution in [0, 0.1) is 5.92 Å². The highest BCUT2D eigenvalue weighted by molar-refractivity contribution is 5.92. The van der Waals surface area contributed by atoms with Crippen molar-refractivity contribution in [2.24, 2.45) is 11.7 Å². The Hall–Kier alpha value is -1.14. The van der Waals surface area contributed by atoms with Crippen molar-refractivity contribution in [3.8, 4) is 0 Å². The molecule has 2 rings (SSSR count). The lowest BCUT2D eigenvalue weighted by molar-refractivity contribution is -0.155. The Bertz CT molecular complexity index is 381. The number of carbonyl (C=O) groups excluding carboxylic acids is 2. The zero-order valence-corrected chi connectivity index (χ0v) is 12.3. The van der Waals surface area contributed by atoms with Crippen LogP contribution < -0.4 is 5.73 Å². The largest absolute Gasteiger partial charge is 0.382 e. The third kappa shape index (κ3) is 2.54. The maximum absolute atomic E-state index is 12.6. The van der Waals surface area contributed by atoms with Crippen LogP contribution in [-0.4, -0.2) is 55.2 Å². The molecular formula is C14H24N2O4. The number of hydrogen-bond acceptors (Lipinski definition) is 4. The van der Waals surface area contributed by atoms with Gasteiger partial charge in [0, 0.05) is 26.2 Å². The number of likely N-dealkylation sites (tertiary alicyclic amines) is 1. The number of ether oxygens (including phenoxy) is 2. The van der Waals surface area contributed by atoms with Gasteiger partial charge in [0.1, 0.15) is 5.54 Å². The average molecular weight is 284 g/mol. The van der Waals surface area contributed by atoms with E-state index in [0.29, 0.717) is 19.6 Å². The van der Waals surface area contributed by atoms with Crippen molar-refractivity contribution in [3.63, 3.8) is 0 Å². The van der Waals surface area contributed by atoms with Gasteiger partial charge in [-0.2, -0.15) is 0 Å². The molecule has 114 valence electrons. The third-order valence-electron chi connectivity index (χ3n) is 4.44. The van der Waals surface area contributed by atoms with E-state index in [1.165, 1.54) is 7.11 Å². The van der Waals surface area contributed by atoms with E-state index >= 15 is 0 Å². The van der Waals surface area contributed by atoms with Gasteiger partial charge in [-0.05, 0) is 32.6 Å². The van der Waals surface area contributed by atoms with Gasteiger partial charge in [-0.25, -0.2) is 0 Å². The number of nitrogens with two attached hydrogens (primary N) is 1. The van der Waals surface area contributed by atoms with E-state index in [-0.39, 0.29) is 24.5 Å². The van der Waals surface area contributed by atoms with E-state index in [1.54, 1.807) is 4.90 Å².